The molecule has 0 aromatic rings. The highest BCUT2D eigenvalue weighted by atomic mass is 35.5. The Hall–Kier alpha value is -1.02. The van der Waals surface area contributed by atoms with Crippen LogP contribution in [-0.4, -0.2) is 23.2 Å². The van der Waals surface area contributed by atoms with E-state index < -0.39 is 0 Å². The van der Waals surface area contributed by atoms with Crippen LogP contribution in [0.15, 0.2) is 35.6 Å². The Balaban J connectivity index is 2.63. The number of carbonyl (C=O) groups excluding carboxylic acids is 1. The predicted molar refractivity (Wildman–Crippen MR) is 72.9 cm³/mol. The molecule has 3 heteroatoms. The number of halogens is 1. The van der Waals surface area contributed by atoms with Crippen molar-refractivity contribution in [2.75, 3.05) is 13.1 Å². The molecule has 94 valence electrons. The molecule has 2 nitrogen and oxygen atoms in total. The lowest BCUT2D eigenvalue weighted by Crippen LogP contribution is -2.19. The third-order valence-corrected chi connectivity index (χ3v) is 2.85. The first-order chi connectivity index (χ1) is 8.17. The van der Waals surface area contributed by atoms with Gasteiger partial charge < -0.3 is 4.90 Å². The van der Waals surface area contributed by atoms with Crippen LogP contribution in [0.2, 0.25) is 0 Å². The van der Waals surface area contributed by atoms with Crippen molar-refractivity contribution in [1.29, 1.82) is 0 Å². The van der Waals surface area contributed by atoms with Crippen molar-refractivity contribution in [1.82, 2.24) is 4.90 Å². The molecular formula is C14H20ClNO. The van der Waals surface area contributed by atoms with E-state index in [1.54, 1.807) is 6.08 Å². The summed E-state index contributed by atoms with van der Waals surface area (Å²) in [6.07, 6.45) is 10.9. The number of hydrogen-bond acceptors (Lipinski definition) is 2. The van der Waals surface area contributed by atoms with E-state index in [-0.39, 0.29) is 5.24 Å². The topological polar surface area (TPSA) is 20.3 Å². The molecule has 1 aliphatic rings. The molecule has 0 aromatic heterocycles. The fourth-order valence-electron chi connectivity index (χ4n) is 1.85. The molecule has 0 spiro atoms. The zero-order chi connectivity index (χ0) is 12.7. The van der Waals surface area contributed by atoms with Gasteiger partial charge in [-0.15, -0.1) is 0 Å². The van der Waals surface area contributed by atoms with Gasteiger partial charge in [-0.25, -0.2) is 0 Å². The highest BCUT2D eigenvalue weighted by Crippen LogP contribution is 2.18. The first-order valence-electron chi connectivity index (χ1n) is 6.20. The SMILES string of the molecule is CCCN(C=C1C=CC(C(=O)Cl)=CC1)CCC. The molecule has 0 saturated carbocycles. The van der Waals surface area contributed by atoms with E-state index in [2.05, 4.69) is 24.9 Å². The maximum Gasteiger partial charge on any atom is 0.252 e. The summed E-state index contributed by atoms with van der Waals surface area (Å²) in [5.41, 5.74) is 1.83. The van der Waals surface area contributed by atoms with E-state index in [1.807, 2.05) is 12.2 Å². The summed E-state index contributed by atoms with van der Waals surface area (Å²) >= 11 is 5.42. The van der Waals surface area contributed by atoms with Crippen LogP contribution >= 0.6 is 11.6 Å². The zero-order valence-electron chi connectivity index (χ0n) is 10.6. The van der Waals surface area contributed by atoms with E-state index in [0.717, 1.165) is 32.4 Å². The van der Waals surface area contributed by atoms with Crippen LogP contribution < -0.4 is 0 Å². The first kappa shape index (κ1) is 14.0. The highest BCUT2D eigenvalue weighted by Gasteiger charge is 2.07. The molecule has 0 aliphatic heterocycles. The Morgan fingerprint density at radius 2 is 2.00 bits per heavy atom. The zero-order valence-corrected chi connectivity index (χ0v) is 11.3. The molecule has 1 aliphatic carbocycles. The van der Waals surface area contributed by atoms with Crippen molar-refractivity contribution in [2.45, 2.75) is 33.1 Å². The fraction of sp³-hybridized carbons (Fsp3) is 0.500. The largest absolute Gasteiger partial charge is 0.377 e. The van der Waals surface area contributed by atoms with Crippen LogP contribution in [0.25, 0.3) is 0 Å². The summed E-state index contributed by atoms with van der Waals surface area (Å²) < 4.78 is 0. The molecule has 0 aromatic carbocycles. The summed E-state index contributed by atoms with van der Waals surface area (Å²) in [4.78, 5) is 13.3. The quantitative estimate of drug-likeness (QED) is 0.674. The summed E-state index contributed by atoms with van der Waals surface area (Å²) in [6.45, 7) is 6.52. The minimum Gasteiger partial charge on any atom is -0.377 e. The van der Waals surface area contributed by atoms with Gasteiger partial charge in [-0.05, 0) is 36.4 Å². The maximum absolute atomic E-state index is 10.9. The van der Waals surface area contributed by atoms with Crippen LogP contribution in [-0.2, 0) is 4.79 Å². The predicted octanol–water partition coefficient (Wildman–Crippen LogP) is 3.64. The fourth-order valence-corrected chi connectivity index (χ4v) is 1.99. The van der Waals surface area contributed by atoms with Crippen molar-refractivity contribution in [3.05, 3.63) is 35.6 Å². The molecular weight excluding hydrogens is 234 g/mol. The highest BCUT2D eigenvalue weighted by molar-refractivity contribution is 6.68. The third kappa shape index (κ3) is 4.78. The van der Waals surface area contributed by atoms with Gasteiger partial charge in [-0.3, -0.25) is 4.79 Å². The second-order valence-corrected chi connectivity index (χ2v) is 4.55. The van der Waals surface area contributed by atoms with E-state index in [4.69, 9.17) is 11.6 Å². The van der Waals surface area contributed by atoms with Gasteiger partial charge in [-0.2, -0.15) is 0 Å². The lowest BCUT2D eigenvalue weighted by Gasteiger charge is -2.20. The van der Waals surface area contributed by atoms with Crippen LogP contribution in [0.4, 0.5) is 0 Å². The number of carbonyl (C=O) groups is 1. The molecule has 0 atom stereocenters. The van der Waals surface area contributed by atoms with Gasteiger partial charge in [0, 0.05) is 24.9 Å². The van der Waals surface area contributed by atoms with Crippen molar-refractivity contribution >= 4 is 16.8 Å². The molecule has 0 amide bonds. The first-order valence-corrected chi connectivity index (χ1v) is 6.58. The molecule has 0 N–H and O–H groups in total. The monoisotopic (exact) mass is 253 g/mol. The molecule has 1 rings (SSSR count). The minimum atomic E-state index is -0.376. The summed E-state index contributed by atoms with van der Waals surface area (Å²) in [5, 5.41) is -0.376. The van der Waals surface area contributed by atoms with E-state index >= 15 is 0 Å². The lowest BCUT2D eigenvalue weighted by molar-refractivity contribution is -0.108. The second kappa shape index (κ2) is 7.33. The van der Waals surface area contributed by atoms with E-state index in [1.165, 1.54) is 5.57 Å². The van der Waals surface area contributed by atoms with Crippen molar-refractivity contribution in [3.8, 4) is 0 Å². The average Bonchev–Trinajstić information content (AvgIpc) is 2.30. The van der Waals surface area contributed by atoms with Gasteiger partial charge in [0.1, 0.15) is 0 Å². The van der Waals surface area contributed by atoms with Crippen molar-refractivity contribution in [3.63, 3.8) is 0 Å². The van der Waals surface area contributed by atoms with Crippen molar-refractivity contribution < 1.29 is 4.79 Å². The van der Waals surface area contributed by atoms with Crippen LogP contribution in [0.3, 0.4) is 0 Å². The smallest absolute Gasteiger partial charge is 0.252 e. The van der Waals surface area contributed by atoms with Crippen LogP contribution in [0, 0.1) is 0 Å². The van der Waals surface area contributed by atoms with E-state index in [9.17, 15) is 4.79 Å². The molecule has 0 fully saturated rings. The van der Waals surface area contributed by atoms with Crippen molar-refractivity contribution in [2.24, 2.45) is 0 Å². The number of hydrogen-bond donors (Lipinski definition) is 0. The Morgan fingerprint density at radius 1 is 1.35 bits per heavy atom. The Morgan fingerprint density at radius 3 is 2.41 bits per heavy atom. The third-order valence-electron chi connectivity index (χ3n) is 2.63. The summed E-state index contributed by atoms with van der Waals surface area (Å²) in [5.74, 6) is 0. The Bertz CT molecular complexity index is 349. The Kier molecular flexibility index (Phi) is 6.06. The maximum atomic E-state index is 10.9. The minimum absolute atomic E-state index is 0.376. The lowest BCUT2D eigenvalue weighted by atomic mass is 10.0. The number of nitrogens with zero attached hydrogens (tertiary/aromatic N) is 1. The van der Waals surface area contributed by atoms with Gasteiger partial charge in [0.05, 0.1) is 0 Å². The van der Waals surface area contributed by atoms with Crippen LogP contribution in [0.1, 0.15) is 33.1 Å². The number of rotatable bonds is 6. The number of allylic oxidation sites excluding steroid dienone is 5. The molecule has 0 unspecified atom stereocenters. The summed E-state index contributed by atoms with van der Waals surface area (Å²) in [6, 6.07) is 0. The molecule has 0 saturated heterocycles. The standard InChI is InChI=1S/C14H20ClNO/c1-3-9-16(10-4-2)11-12-5-7-13(8-6-12)14(15)17/h5,7-8,11H,3-4,6,9-10H2,1-2H3. The molecule has 0 bridgehead atoms. The van der Waals surface area contributed by atoms with Crippen LogP contribution in [0.5, 0.6) is 0 Å². The van der Waals surface area contributed by atoms with E-state index in [0.29, 0.717) is 5.57 Å². The summed E-state index contributed by atoms with van der Waals surface area (Å²) in [7, 11) is 0. The average molecular weight is 254 g/mol. The van der Waals surface area contributed by atoms with Gasteiger partial charge in [0.2, 0.25) is 0 Å². The van der Waals surface area contributed by atoms with Gasteiger partial charge in [-0.1, -0.05) is 32.1 Å². The Labute approximate surface area is 109 Å². The molecule has 0 heterocycles. The second-order valence-electron chi connectivity index (χ2n) is 4.21. The molecule has 17 heavy (non-hydrogen) atoms. The normalized spacial score (nSPS) is 17.1. The molecule has 0 radical (unpaired) electrons. The van der Waals surface area contributed by atoms with Gasteiger partial charge in [0.25, 0.3) is 5.24 Å². The van der Waals surface area contributed by atoms with Gasteiger partial charge in [0.15, 0.2) is 0 Å². The van der Waals surface area contributed by atoms with Gasteiger partial charge >= 0.3 is 0 Å².